The fourth-order valence-corrected chi connectivity index (χ4v) is 4.03. The van der Waals surface area contributed by atoms with Gasteiger partial charge in [-0.3, -0.25) is 9.52 Å². The van der Waals surface area contributed by atoms with Gasteiger partial charge in [0.2, 0.25) is 0 Å². The predicted octanol–water partition coefficient (Wildman–Crippen LogP) is 4.77. The number of aryl methyl sites for hydroxylation is 1. The molecule has 7 heteroatoms. The zero-order valence-electron chi connectivity index (χ0n) is 15.5. The number of sulfonamides is 1. The van der Waals surface area contributed by atoms with Crippen LogP contribution >= 0.6 is 11.8 Å². The van der Waals surface area contributed by atoms with Crippen molar-refractivity contribution < 1.29 is 13.2 Å². The van der Waals surface area contributed by atoms with E-state index in [9.17, 15) is 13.2 Å². The summed E-state index contributed by atoms with van der Waals surface area (Å²) in [6.07, 6.45) is 1.98. The summed E-state index contributed by atoms with van der Waals surface area (Å²) in [4.78, 5) is 13.6. The molecule has 0 aromatic heterocycles. The van der Waals surface area contributed by atoms with Crippen molar-refractivity contribution >= 4 is 39.1 Å². The van der Waals surface area contributed by atoms with Gasteiger partial charge in [0.05, 0.1) is 4.90 Å². The number of amides is 1. The molecule has 0 aliphatic rings. The Hall–Kier alpha value is -2.77. The topological polar surface area (TPSA) is 75.3 Å². The molecule has 0 radical (unpaired) electrons. The molecule has 3 aromatic carbocycles. The number of hydrogen-bond acceptors (Lipinski definition) is 4. The lowest BCUT2D eigenvalue weighted by Crippen LogP contribution is -2.16. The summed E-state index contributed by atoms with van der Waals surface area (Å²) < 4.78 is 27.8. The molecule has 144 valence electrons. The lowest BCUT2D eigenvalue weighted by Gasteiger charge is -2.10. The Bertz CT molecular complexity index is 1080. The maximum Gasteiger partial charge on any atom is 0.261 e. The molecule has 0 atom stereocenters. The van der Waals surface area contributed by atoms with E-state index in [4.69, 9.17) is 0 Å². The van der Waals surface area contributed by atoms with E-state index in [2.05, 4.69) is 10.0 Å². The third-order valence-electron chi connectivity index (χ3n) is 4.06. The van der Waals surface area contributed by atoms with Crippen LogP contribution in [0.1, 0.15) is 15.9 Å². The smallest absolute Gasteiger partial charge is 0.261 e. The molecule has 1 amide bonds. The van der Waals surface area contributed by atoms with Crippen LogP contribution in [-0.2, 0) is 10.0 Å². The maximum atomic E-state index is 12.6. The van der Waals surface area contributed by atoms with Crippen LogP contribution in [0.3, 0.4) is 0 Å². The highest BCUT2D eigenvalue weighted by atomic mass is 32.2. The average molecular weight is 413 g/mol. The number of thioether (sulfide) groups is 1. The Labute approximate surface area is 169 Å². The Morgan fingerprint density at radius 3 is 2.18 bits per heavy atom. The third kappa shape index (κ3) is 4.94. The lowest BCUT2D eigenvalue weighted by molar-refractivity contribution is 0.102. The number of rotatable bonds is 6. The molecule has 0 unspecified atom stereocenters. The van der Waals surface area contributed by atoms with E-state index >= 15 is 0 Å². The Morgan fingerprint density at radius 2 is 1.54 bits per heavy atom. The van der Waals surface area contributed by atoms with E-state index in [1.54, 1.807) is 36.0 Å². The Kier molecular flexibility index (Phi) is 6.06. The standard InChI is InChI=1S/C21H20N2O3S2/c1-15-6-8-18(9-7-15)23-28(25,26)20-5-3-4-16(14-20)21(24)22-17-10-12-19(27-2)13-11-17/h3-14,23H,1-2H3,(H,22,24). The molecule has 0 fully saturated rings. The molecular weight excluding hydrogens is 392 g/mol. The first-order valence-electron chi connectivity index (χ1n) is 8.52. The van der Waals surface area contributed by atoms with Crippen LogP contribution in [0.2, 0.25) is 0 Å². The number of nitrogens with one attached hydrogen (secondary N) is 2. The van der Waals surface area contributed by atoms with Gasteiger partial charge in [-0.05, 0) is 67.8 Å². The zero-order valence-corrected chi connectivity index (χ0v) is 17.1. The van der Waals surface area contributed by atoms with Gasteiger partial charge in [0.15, 0.2) is 0 Å². The van der Waals surface area contributed by atoms with Crippen molar-refractivity contribution in [1.82, 2.24) is 0 Å². The minimum Gasteiger partial charge on any atom is -0.322 e. The Balaban J connectivity index is 1.78. The number of benzene rings is 3. The molecule has 3 rings (SSSR count). The van der Waals surface area contributed by atoms with Crippen LogP contribution < -0.4 is 10.0 Å². The van der Waals surface area contributed by atoms with Crippen molar-refractivity contribution in [2.45, 2.75) is 16.7 Å². The molecule has 28 heavy (non-hydrogen) atoms. The summed E-state index contributed by atoms with van der Waals surface area (Å²) in [6, 6.07) is 20.4. The van der Waals surface area contributed by atoms with Crippen molar-refractivity contribution in [1.29, 1.82) is 0 Å². The van der Waals surface area contributed by atoms with E-state index < -0.39 is 10.0 Å². The molecule has 0 aliphatic carbocycles. The maximum absolute atomic E-state index is 12.6. The van der Waals surface area contributed by atoms with E-state index in [-0.39, 0.29) is 16.4 Å². The van der Waals surface area contributed by atoms with Crippen molar-refractivity contribution in [3.63, 3.8) is 0 Å². The molecule has 0 saturated heterocycles. The van der Waals surface area contributed by atoms with Gasteiger partial charge in [-0.2, -0.15) is 0 Å². The summed E-state index contributed by atoms with van der Waals surface area (Å²) in [5, 5.41) is 2.78. The number of carbonyl (C=O) groups is 1. The average Bonchev–Trinajstić information content (AvgIpc) is 2.70. The minimum atomic E-state index is -3.80. The van der Waals surface area contributed by atoms with Crippen molar-refractivity contribution in [2.75, 3.05) is 16.3 Å². The highest BCUT2D eigenvalue weighted by Crippen LogP contribution is 2.20. The van der Waals surface area contributed by atoms with Crippen molar-refractivity contribution in [3.05, 3.63) is 83.9 Å². The van der Waals surface area contributed by atoms with Gasteiger partial charge in [-0.25, -0.2) is 8.42 Å². The quantitative estimate of drug-likeness (QED) is 0.572. The van der Waals surface area contributed by atoms with E-state index in [0.29, 0.717) is 11.4 Å². The highest BCUT2D eigenvalue weighted by molar-refractivity contribution is 7.98. The van der Waals surface area contributed by atoms with Gasteiger partial charge in [0.25, 0.3) is 15.9 Å². The minimum absolute atomic E-state index is 0.0263. The summed E-state index contributed by atoms with van der Waals surface area (Å²) >= 11 is 1.61. The van der Waals surface area contributed by atoms with Crippen LogP contribution in [0.5, 0.6) is 0 Å². The number of anilines is 2. The largest absolute Gasteiger partial charge is 0.322 e. The molecule has 0 spiro atoms. The van der Waals surface area contributed by atoms with Gasteiger partial charge in [-0.1, -0.05) is 23.8 Å². The summed E-state index contributed by atoms with van der Waals surface area (Å²) in [5.74, 6) is -0.371. The molecule has 0 heterocycles. The normalized spacial score (nSPS) is 11.1. The number of carbonyl (C=O) groups excluding carboxylic acids is 1. The van der Waals surface area contributed by atoms with Gasteiger partial charge in [-0.15, -0.1) is 11.8 Å². The van der Waals surface area contributed by atoms with E-state index in [1.165, 1.54) is 12.1 Å². The van der Waals surface area contributed by atoms with Gasteiger partial charge in [0, 0.05) is 21.8 Å². The van der Waals surface area contributed by atoms with Crippen LogP contribution in [0.15, 0.2) is 82.6 Å². The van der Waals surface area contributed by atoms with Crippen molar-refractivity contribution in [2.24, 2.45) is 0 Å². The first-order valence-corrected chi connectivity index (χ1v) is 11.2. The van der Waals surface area contributed by atoms with Crippen LogP contribution in [0.4, 0.5) is 11.4 Å². The Morgan fingerprint density at radius 1 is 0.893 bits per heavy atom. The molecule has 3 aromatic rings. The SMILES string of the molecule is CSc1ccc(NC(=O)c2cccc(S(=O)(=O)Nc3ccc(C)cc3)c2)cc1. The molecule has 5 nitrogen and oxygen atoms in total. The fourth-order valence-electron chi connectivity index (χ4n) is 2.52. The fraction of sp³-hybridized carbons (Fsp3) is 0.0952. The highest BCUT2D eigenvalue weighted by Gasteiger charge is 2.16. The monoisotopic (exact) mass is 412 g/mol. The van der Waals surface area contributed by atoms with Gasteiger partial charge >= 0.3 is 0 Å². The second kappa shape index (κ2) is 8.50. The number of hydrogen-bond donors (Lipinski definition) is 2. The third-order valence-corrected chi connectivity index (χ3v) is 6.18. The lowest BCUT2D eigenvalue weighted by atomic mass is 10.2. The molecule has 0 bridgehead atoms. The molecule has 0 aliphatic heterocycles. The summed E-state index contributed by atoms with van der Waals surface area (Å²) in [6.45, 7) is 1.93. The molecular formula is C21H20N2O3S2. The van der Waals surface area contributed by atoms with Gasteiger partial charge < -0.3 is 5.32 Å². The molecule has 0 saturated carbocycles. The van der Waals surface area contributed by atoms with Crippen LogP contribution in [0, 0.1) is 6.92 Å². The van der Waals surface area contributed by atoms with Crippen molar-refractivity contribution in [3.8, 4) is 0 Å². The van der Waals surface area contributed by atoms with Crippen LogP contribution in [0.25, 0.3) is 0 Å². The first-order chi connectivity index (χ1) is 13.4. The van der Waals surface area contributed by atoms with Gasteiger partial charge in [0.1, 0.15) is 0 Å². The van der Waals surface area contributed by atoms with E-state index in [1.807, 2.05) is 49.6 Å². The predicted molar refractivity (Wildman–Crippen MR) is 115 cm³/mol. The summed E-state index contributed by atoms with van der Waals surface area (Å²) in [7, 11) is -3.80. The molecule has 2 N–H and O–H groups in total. The summed E-state index contributed by atoms with van der Waals surface area (Å²) in [5.41, 5.74) is 2.41. The second-order valence-corrected chi connectivity index (χ2v) is 8.74. The second-order valence-electron chi connectivity index (χ2n) is 6.18. The first kappa shape index (κ1) is 20.0. The van der Waals surface area contributed by atoms with E-state index in [0.717, 1.165) is 10.5 Å². The zero-order chi connectivity index (χ0) is 20.1. The van der Waals surface area contributed by atoms with Crippen LogP contribution in [-0.4, -0.2) is 20.6 Å².